The molecule has 4 nitrogen and oxygen atoms in total. The SMILES string of the molecule is CN(C)C(=O)c1ccc(-c2ccc(=O)n(Cc3ccc(Cl)cc3)c2)cc1. The summed E-state index contributed by atoms with van der Waals surface area (Å²) < 4.78 is 1.66. The van der Waals surface area contributed by atoms with Crippen LogP contribution in [-0.2, 0) is 6.54 Å². The fourth-order valence-corrected chi connectivity index (χ4v) is 2.80. The van der Waals surface area contributed by atoms with Crippen LogP contribution in [0.1, 0.15) is 15.9 Å². The summed E-state index contributed by atoms with van der Waals surface area (Å²) >= 11 is 5.91. The van der Waals surface area contributed by atoms with Crippen LogP contribution in [0.15, 0.2) is 71.7 Å². The van der Waals surface area contributed by atoms with Crippen LogP contribution in [0.4, 0.5) is 0 Å². The molecule has 0 unspecified atom stereocenters. The van der Waals surface area contributed by atoms with E-state index in [9.17, 15) is 9.59 Å². The lowest BCUT2D eigenvalue weighted by atomic mass is 10.0. The van der Waals surface area contributed by atoms with Crippen molar-refractivity contribution in [2.75, 3.05) is 14.1 Å². The number of pyridine rings is 1. The molecule has 0 saturated heterocycles. The first-order valence-corrected chi connectivity index (χ1v) is 8.59. The molecule has 0 spiro atoms. The monoisotopic (exact) mass is 366 g/mol. The molecule has 2 aromatic carbocycles. The quantitative estimate of drug-likeness (QED) is 0.702. The zero-order chi connectivity index (χ0) is 18.7. The summed E-state index contributed by atoms with van der Waals surface area (Å²) in [6, 6.07) is 18.2. The molecule has 0 saturated carbocycles. The number of rotatable bonds is 4. The maximum Gasteiger partial charge on any atom is 0.253 e. The molecule has 0 radical (unpaired) electrons. The van der Waals surface area contributed by atoms with Crippen LogP contribution in [0.5, 0.6) is 0 Å². The van der Waals surface area contributed by atoms with Crippen molar-refractivity contribution in [1.82, 2.24) is 9.47 Å². The molecule has 0 fully saturated rings. The van der Waals surface area contributed by atoms with Gasteiger partial charge in [0.2, 0.25) is 0 Å². The molecule has 3 aromatic rings. The van der Waals surface area contributed by atoms with Crippen LogP contribution in [0.2, 0.25) is 5.02 Å². The van der Waals surface area contributed by atoms with Crippen molar-refractivity contribution in [3.8, 4) is 11.1 Å². The Labute approximate surface area is 157 Å². The second-order valence-corrected chi connectivity index (χ2v) is 6.72. The van der Waals surface area contributed by atoms with E-state index in [1.54, 1.807) is 47.8 Å². The molecular weight excluding hydrogens is 348 g/mol. The molecule has 0 aliphatic carbocycles. The molecule has 1 amide bonds. The first-order valence-electron chi connectivity index (χ1n) is 8.21. The lowest BCUT2D eigenvalue weighted by molar-refractivity contribution is 0.0827. The van der Waals surface area contributed by atoms with Gasteiger partial charge < -0.3 is 9.47 Å². The average Bonchev–Trinajstić information content (AvgIpc) is 2.65. The van der Waals surface area contributed by atoms with Crippen molar-refractivity contribution in [1.29, 1.82) is 0 Å². The topological polar surface area (TPSA) is 42.3 Å². The van der Waals surface area contributed by atoms with Crippen LogP contribution in [0, 0.1) is 0 Å². The van der Waals surface area contributed by atoms with Gasteiger partial charge >= 0.3 is 0 Å². The highest BCUT2D eigenvalue weighted by Crippen LogP contribution is 2.19. The molecule has 5 heteroatoms. The number of carbonyl (C=O) groups is 1. The molecule has 26 heavy (non-hydrogen) atoms. The molecule has 0 bridgehead atoms. The zero-order valence-electron chi connectivity index (χ0n) is 14.6. The summed E-state index contributed by atoms with van der Waals surface area (Å²) in [6.07, 6.45) is 1.83. The van der Waals surface area contributed by atoms with Crippen molar-refractivity contribution in [2.45, 2.75) is 6.54 Å². The maximum atomic E-state index is 12.2. The summed E-state index contributed by atoms with van der Waals surface area (Å²) in [5, 5.41) is 0.669. The van der Waals surface area contributed by atoms with Gasteiger partial charge in [0.05, 0.1) is 6.54 Å². The molecule has 3 rings (SSSR count). The number of hydrogen-bond donors (Lipinski definition) is 0. The largest absolute Gasteiger partial charge is 0.345 e. The van der Waals surface area contributed by atoms with E-state index < -0.39 is 0 Å². The highest BCUT2D eigenvalue weighted by atomic mass is 35.5. The van der Waals surface area contributed by atoms with E-state index in [1.807, 2.05) is 42.6 Å². The van der Waals surface area contributed by atoms with Crippen molar-refractivity contribution in [2.24, 2.45) is 0 Å². The van der Waals surface area contributed by atoms with Gasteiger partial charge in [-0.25, -0.2) is 0 Å². The molecule has 0 aliphatic rings. The van der Waals surface area contributed by atoms with Crippen molar-refractivity contribution >= 4 is 17.5 Å². The van der Waals surface area contributed by atoms with Gasteiger partial charge in [-0.3, -0.25) is 9.59 Å². The number of halogens is 1. The van der Waals surface area contributed by atoms with E-state index in [1.165, 1.54) is 0 Å². The van der Waals surface area contributed by atoms with Gasteiger partial charge in [0.25, 0.3) is 11.5 Å². The number of benzene rings is 2. The minimum absolute atomic E-state index is 0.0377. The second kappa shape index (κ2) is 7.58. The Hall–Kier alpha value is -2.85. The lowest BCUT2D eigenvalue weighted by Crippen LogP contribution is -2.21. The second-order valence-electron chi connectivity index (χ2n) is 6.29. The minimum atomic E-state index is -0.0666. The fraction of sp³-hybridized carbons (Fsp3) is 0.143. The predicted octanol–water partition coefficient (Wildman–Crippen LogP) is 3.92. The van der Waals surface area contributed by atoms with Crippen LogP contribution in [-0.4, -0.2) is 29.5 Å². The Morgan fingerprint density at radius 1 is 0.923 bits per heavy atom. The van der Waals surface area contributed by atoms with Gasteiger partial charge in [-0.05, 0) is 47.0 Å². The number of carbonyl (C=O) groups excluding carboxylic acids is 1. The smallest absolute Gasteiger partial charge is 0.253 e. The highest BCUT2D eigenvalue weighted by molar-refractivity contribution is 6.30. The Morgan fingerprint density at radius 3 is 2.15 bits per heavy atom. The van der Waals surface area contributed by atoms with E-state index >= 15 is 0 Å². The Balaban J connectivity index is 1.88. The van der Waals surface area contributed by atoms with Gasteiger partial charge in [0.15, 0.2) is 0 Å². The van der Waals surface area contributed by atoms with Crippen LogP contribution >= 0.6 is 11.6 Å². The van der Waals surface area contributed by atoms with E-state index in [4.69, 9.17) is 11.6 Å². The van der Waals surface area contributed by atoms with E-state index in [-0.39, 0.29) is 11.5 Å². The molecule has 0 aliphatic heterocycles. The summed E-state index contributed by atoms with van der Waals surface area (Å²) in [7, 11) is 3.45. The van der Waals surface area contributed by atoms with E-state index in [0.29, 0.717) is 17.1 Å². The first-order chi connectivity index (χ1) is 12.4. The molecule has 0 N–H and O–H groups in total. The first kappa shape index (κ1) is 18.0. The van der Waals surface area contributed by atoms with Gasteiger partial charge in [0, 0.05) is 36.9 Å². The third kappa shape index (κ3) is 4.03. The van der Waals surface area contributed by atoms with Crippen molar-refractivity contribution in [3.05, 3.63) is 93.4 Å². The predicted molar refractivity (Wildman–Crippen MR) is 105 cm³/mol. The van der Waals surface area contributed by atoms with Crippen LogP contribution in [0.3, 0.4) is 0 Å². The summed E-state index contributed by atoms with van der Waals surface area (Å²) in [5.74, 6) is -0.0377. The van der Waals surface area contributed by atoms with Crippen molar-refractivity contribution in [3.63, 3.8) is 0 Å². The summed E-state index contributed by atoms with van der Waals surface area (Å²) in [6.45, 7) is 0.473. The molecular formula is C21H19ClN2O2. The van der Waals surface area contributed by atoms with Crippen molar-refractivity contribution < 1.29 is 4.79 Å². The van der Waals surface area contributed by atoms with E-state index in [2.05, 4.69) is 0 Å². The molecule has 1 aromatic heterocycles. The third-order valence-electron chi connectivity index (χ3n) is 4.12. The normalized spacial score (nSPS) is 10.6. The molecule has 132 valence electrons. The maximum absolute atomic E-state index is 12.2. The minimum Gasteiger partial charge on any atom is -0.345 e. The summed E-state index contributed by atoms with van der Waals surface area (Å²) in [5.41, 5.74) is 3.43. The average molecular weight is 367 g/mol. The summed E-state index contributed by atoms with van der Waals surface area (Å²) in [4.78, 5) is 25.7. The van der Waals surface area contributed by atoms with Gasteiger partial charge in [-0.2, -0.15) is 0 Å². The standard InChI is InChI=1S/C21H19ClN2O2/c1-23(2)21(26)17-7-5-16(6-8-17)18-9-12-20(25)24(14-18)13-15-3-10-19(22)11-4-15/h3-12,14H,13H2,1-2H3. The van der Waals surface area contributed by atoms with Crippen LogP contribution in [0.25, 0.3) is 11.1 Å². The zero-order valence-corrected chi connectivity index (χ0v) is 15.4. The Kier molecular flexibility index (Phi) is 5.24. The van der Waals surface area contributed by atoms with Gasteiger partial charge in [-0.1, -0.05) is 35.9 Å². The van der Waals surface area contributed by atoms with Crippen LogP contribution < -0.4 is 5.56 Å². The number of aromatic nitrogens is 1. The lowest BCUT2D eigenvalue weighted by Gasteiger charge is -2.11. The number of amides is 1. The molecule has 0 atom stereocenters. The fourth-order valence-electron chi connectivity index (χ4n) is 2.68. The number of nitrogens with zero attached hydrogens (tertiary/aromatic N) is 2. The molecule has 1 heterocycles. The van der Waals surface area contributed by atoms with Gasteiger partial charge in [-0.15, -0.1) is 0 Å². The Morgan fingerprint density at radius 2 is 1.54 bits per heavy atom. The highest BCUT2D eigenvalue weighted by Gasteiger charge is 2.08. The van der Waals surface area contributed by atoms with Gasteiger partial charge in [0.1, 0.15) is 0 Å². The number of hydrogen-bond acceptors (Lipinski definition) is 2. The third-order valence-corrected chi connectivity index (χ3v) is 4.37. The Bertz CT molecular complexity index is 974. The van der Waals surface area contributed by atoms with E-state index in [0.717, 1.165) is 16.7 Å².